The van der Waals surface area contributed by atoms with Crippen LogP contribution in [-0.4, -0.2) is 50.8 Å². The number of methoxy groups -OCH3 is 1. The molecule has 0 aliphatic carbocycles. The minimum atomic E-state index is -0.914. The molecular formula is C21H23BrN4O5. The van der Waals surface area contributed by atoms with Gasteiger partial charge < -0.3 is 20.1 Å². The van der Waals surface area contributed by atoms with Gasteiger partial charge in [0.2, 0.25) is 0 Å². The molecule has 0 bridgehead atoms. The first kappa shape index (κ1) is 24.0. The summed E-state index contributed by atoms with van der Waals surface area (Å²) in [7, 11) is 1.49. The van der Waals surface area contributed by atoms with Crippen LogP contribution in [0.1, 0.15) is 11.1 Å². The fourth-order valence-electron chi connectivity index (χ4n) is 2.37. The van der Waals surface area contributed by atoms with E-state index < -0.39 is 11.8 Å². The molecule has 0 spiro atoms. The van der Waals surface area contributed by atoms with Crippen molar-refractivity contribution in [1.29, 1.82) is 0 Å². The monoisotopic (exact) mass is 490 g/mol. The lowest BCUT2D eigenvalue weighted by molar-refractivity contribution is -0.139. The molecule has 0 aromatic heterocycles. The van der Waals surface area contributed by atoms with Gasteiger partial charge in [-0.2, -0.15) is 5.10 Å². The average molecular weight is 491 g/mol. The first-order valence-electron chi connectivity index (χ1n) is 9.28. The molecule has 164 valence electrons. The summed E-state index contributed by atoms with van der Waals surface area (Å²) in [5, 5.41) is 8.92. The second-order valence-corrected chi connectivity index (χ2v) is 7.25. The molecule has 0 heterocycles. The van der Waals surface area contributed by atoms with Crippen LogP contribution in [0.25, 0.3) is 0 Å². The van der Waals surface area contributed by atoms with Crippen LogP contribution in [0, 0.1) is 6.92 Å². The number of hydrogen-bond acceptors (Lipinski definition) is 6. The number of carbonyl (C=O) groups is 3. The Bertz CT molecular complexity index is 965. The van der Waals surface area contributed by atoms with Gasteiger partial charge in [0.25, 0.3) is 5.91 Å². The van der Waals surface area contributed by atoms with E-state index in [1.54, 1.807) is 24.3 Å². The maximum Gasteiger partial charge on any atom is 0.329 e. The highest BCUT2D eigenvalue weighted by Crippen LogP contribution is 2.22. The lowest BCUT2D eigenvalue weighted by atomic mass is 10.2. The molecule has 3 N–H and O–H groups in total. The van der Waals surface area contributed by atoms with Gasteiger partial charge in [0, 0.05) is 29.4 Å². The zero-order valence-electron chi connectivity index (χ0n) is 17.1. The van der Waals surface area contributed by atoms with Gasteiger partial charge >= 0.3 is 11.8 Å². The van der Waals surface area contributed by atoms with Crippen molar-refractivity contribution in [3.63, 3.8) is 0 Å². The maximum absolute atomic E-state index is 12.2. The fourth-order valence-corrected chi connectivity index (χ4v) is 2.75. The molecule has 0 atom stereocenters. The molecule has 2 aromatic carbocycles. The number of aryl methyl sites for hydroxylation is 1. The Labute approximate surface area is 188 Å². The number of benzene rings is 2. The van der Waals surface area contributed by atoms with E-state index in [0.29, 0.717) is 23.6 Å². The minimum absolute atomic E-state index is 0.209. The van der Waals surface area contributed by atoms with Crippen molar-refractivity contribution >= 4 is 45.6 Å². The highest BCUT2D eigenvalue weighted by molar-refractivity contribution is 9.10. The first-order chi connectivity index (χ1) is 14.9. The number of halogens is 1. The summed E-state index contributed by atoms with van der Waals surface area (Å²) in [6.07, 6.45) is 1.32. The van der Waals surface area contributed by atoms with Gasteiger partial charge in [0.15, 0.2) is 6.61 Å². The standard InChI is InChI=1S/C21H23BrN4O5/c1-14-4-3-5-17(10-14)25-19(27)13-31-18-7-6-16(22)11-15(18)12-24-26-21(29)20(28)23-8-9-30-2/h3-7,10-12H,8-9,13H2,1-2H3,(H,23,28)(H,25,27)(H,26,29)/b24-12-. The summed E-state index contributed by atoms with van der Waals surface area (Å²) >= 11 is 3.35. The molecule has 0 saturated heterocycles. The van der Waals surface area contributed by atoms with Crippen molar-refractivity contribution in [2.75, 3.05) is 32.2 Å². The zero-order valence-corrected chi connectivity index (χ0v) is 18.7. The van der Waals surface area contributed by atoms with E-state index in [0.717, 1.165) is 10.0 Å². The van der Waals surface area contributed by atoms with Crippen LogP contribution >= 0.6 is 15.9 Å². The highest BCUT2D eigenvalue weighted by Gasteiger charge is 2.12. The van der Waals surface area contributed by atoms with Crippen molar-refractivity contribution in [2.45, 2.75) is 6.92 Å². The number of nitrogens with one attached hydrogen (secondary N) is 3. The van der Waals surface area contributed by atoms with Crippen molar-refractivity contribution < 1.29 is 23.9 Å². The molecule has 2 rings (SSSR count). The van der Waals surface area contributed by atoms with E-state index in [2.05, 4.69) is 37.1 Å². The van der Waals surface area contributed by atoms with E-state index >= 15 is 0 Å². The Morgan fingerprint density at radius 3 is 2.68 bits per heavy atom. The van der Waals surface area contributed by atoms with Crippen molar-refractivity contribution in [1.82, 2.24) is 10.7 Å². The summed E-state index contributed by atoms with van der Waals surface area (Å²) < 4.78 is 11.1. The molecule has 3 amide bonds. The Kier molecular flexibility index (Phi) is 9.66. The van der Waals surface area contributed by atoms with Gasteiger partial charge in [0.1, 0.15) is 5.75 Å². The van der Waals surface area contributed by atoms with Crippen LogP contribution in [-0.2, 0) is 19.1 Å². The van der Waals surface area contributed by atoms with Crippen LogP contribution in [0.2, 0.25) is 0 Å². The van der Waals surface area contributed by atoms with Crippen LogP contribution in [0.15, 0.2) is 52.0 Å². The lowest BCUT2D eigenvalue weighted by Gasteiger charge is -2.10. The second kappa shape index (κ2) is 12.5. The topological polar surface area (TPSA) is 118 Å². The zero-order chi connectivity index (χ0) is 22.6. The number of amides is 3. The van der Waals surface area contributed by atoms with E-state index in [9.17, 15) is 14.4 Å². The number of nitrogens with zero attached hydrogens (tertiary/aromatic N) is 1. The lowest BCUT2D eigenvalue weighted by Crippen LogP contribution is -2.39. The van der Waals surface area contributed by atoms with Gasteiger partial charge in [-0.1, -0.05) is 28.1 Å². The third-order valence-electron chi connectivity index (χ3n) is 3.80. The first-order valence-corrected chi connectivity index (χ1v) is 10.1. The third kappa shape index (κ3) is 8.57. The number of hydrazone groups is 1. The molecule has 10 heteroatoms. The molecule has 0 radical (unpaired) electrons. The molecule has 0 saturated carbocycles. The van der Waals surface area contributed by atoms with E-state index in [1.807, 2.05) is 25.1 Å². The van der Waals surface area contributed by atoms with Crippen LogP contribution in [0.5, 0.6) is 5.75 Å². The van der Waals surface area contributed by atoms with Gasteiger partial charge in [0.05, 0.1) is 12.8 Å². The Balaban J connectivity index is 1.93. The SMILES string of the molecule is COCCNC(=O)C(=O)N/N=C\c1cc(Br)ccc1OCC(=O)Nc1cccc(C)c1. The van der Waals surface area contributed by atoms with E-state index in [-0.39, 0.29) is 19.1 Å². The van der Waals surface area contributed by atoms with Gasteiger partial charge in [-0.25, -0.2) is 5.43 Å². The predicted molar refractivity (Wildman–Crippen MR) is 120 cm³/mol. The molecule has 0 aliphatic heterocycles. The second-order valence-electron chi connectivity index (χ2n) is 6.34. The van der Waals surface area contributed by atoms with E-state index in [1.165, 1.54) is 13.3 Å². The number of rotatable bonds is 9. The molecule has 9 nitrogen and oxygen atoms in total. The number of ether oxygens (including phenoxy) is 2. The average Bonchev–Trinajstić information content (AvgIpc) is 2.73. The Hall–Kier alpha value is -3.24. The molecule has 31 heavy (non-hydrogen) atoms. The Morgan fingerprint density at radius 2 is 1.94 bits per heavy atom. The maximum atomic E-state index is 12.2. The summed E-state index contributed by atoms with van der Waals surface area (Å²) in [5.41, 5.74) is 4.34. The molecule has 2 aromatic rings. The molecule has 0 aliphatic rings. The smallest absolute Gasteiger partial charge is 0.329 e. The van der Waals surface area contributed by atoms with E-state index in [4.69, 9.17) is 9.47 Å². The minimum Gasteiger partial charge on any atom is -0.483 e. The quantitative estimate of drug-likeness (QED) is 0.215. The van der Waals surface area contributed by atoms with Gasteiger partial charge in [-0.05, 0) is 42.8 Å². The summed E-state index contributed by atoms with van der Waals surface area (Å²) in [5.74, 6) is -1.68. The van der Waals surface area contributed by atoms with Gasteiger partial charge in [-0.3, -0.25) is 14.4 Å². The normalized spacial score (nSPS) is 10.5. The van der Waals surface area contributed by atoms with Crippen LogP contribution in [0.4, 0.5) is 5.69 Å². The summed E-state index contributed by atoms with van der Waals surface area (Å²) in [6, 6.07) is 12.5. The fraction of sp³-hybridized carbons (Fsp3) is 0.238. The number of carbonyl (C=O) groups excluding carboxylic acids is 3. The molecule has 0 fully saturated rings. The largest absolute Gasteiger partial charge is 0.483 e. The van der Waals surface area contributed by atoms with Crippen LogP contribution in [0.3, 0.4) is 0 Å². The van der Waals surface area contributed by atoms with Crippen LogP contribution < -0.4 is 20.8 Å². The van der Waals surface area contributed by atoms with Crippen molar-refractivity contribution in [2.24, 2.45) is 5.10 Å². The highest BCUT2D eigenvalue weighted by atomic mass is 79.9. The van der Waals surface area contributed by atoms with Gasteiger partial charge in [-0.15, -0.1) is 0 Å². The summed E-state index contributed by atoms with van der Waals surface area (Å²) in [4.78, 5) is 35.5. The number of anilines is 1. The predicted octanol–water partition coefficient (Wildman–Crippen LogP) is 1.99. The summed E-state index contributed by atoms with van der Waals surface area (Å²) in [6.45, 7) is 2.21. The number of hydrogen-bond donors (Lipinski definition) is 3. The van der Waals surface area contributed by atoms with Crippen molar-refractivity contribution in [3.05, 3.63) is 58.1 Å². The molecule has 0 unspecified atom stereocenters. The third-order valence-corrected chi connectivity index (χ3v) is 4.29. The Morgan fingerprint density at radius 1 is 1.13 bits per heavy atom. The van der Waals surface area contributed by atoms with Crippen molar-refractivity contribution in [3.8, 4) is 5.75 Å². The molecular weight excluding hydrogens is 468 g/mol.